The molecule has 2 fully saturated rings. The molecule has 1 saturated heterocycles. The summed E-state index contributed by atoms with van der Waals surface area (Å²) in [7, 11) is 3.59. The number of hydrogen-bond acceptors (Lipinski definition) is 8. The van der Waals surface area contributed by atoms with Crippen LogP contribution in [0.15, 0.2) is 34.2 Å². The molecule has 2 aromatic heterocycles. The minimum absolute atomic E-state index is 0.143. The van der Waals surface area contributed by atoms with E-state index in [1.165, 1.54) is 18.4 Å². The molecular formula is C25H31N5O3S. The molecule has 5 rings (SSSR count). The Balaban J connectivity index is 1.16. The molecule has 3 heterocycles. The van der Waals surface area contributed by atoms with Crippen LogP contribution in [-0.2, 0) is 12.5 Å². The minimum atomic E-state index is 0.143. The number of aromatic nitrogens is 4. The van der Waals surface area contributed by atoms with Crippen LogP contribution in [0, 0.1) is 12.8 Å². The number of ether oxygens (including phenoxy) is 1. The number of nitrogens with zero attached hydrogens (tertiary/aromatic N) is 5. The highest BCUT2D eigenvalue weighted by Gasteiger charge is 2.60. The fourth-order valence-electron chi connectivity index (χ4n) is 5.24. The fourth-order valence-corrected chi connectivity index (χ4v) is 6.07. The number of hydrogen-bond donors (Lipinski definition) is 0. The van der Waals surface area contributed by atoms with Gasteiger partial charge in [0.05, 0.1) is 18.4 Å². The van der Waals surface area contributed by atoms with Gasteiger partial charge in [0.1, 0.15) is 5.75 Å². The van der Waals surface area contributed by atoms with Crippen molar-refractivity contribution in [1.29, 1.82) is 0 Å². The Morgan fingerprint density at radius 3 is 2.94 bits per heavy atom. The van der Waals surface area contributed by atoms with Crippen molar-refractivity contribution in [3.05, 3.63) is 41.4 Å². The van der Waals surface area contributed by atoms with Crippen LogP contribution in [0.3, 0.4) is 0 Å². The third-order valence-corrected chi connectivity index (χ3v) is 8.35. The van der Waals surface area contributed by atoms with E-state index in [0.717, 1.165) is 48.2 Å². The maximum Gasteiger partial charge on any atom is 0.202 e. The molecule has 1 saturated carbocycles. The Hall–Kier alpha value is -2.65. The molecule has 8 nitrogen and oxygen atoms in total. The summed E-state index contributed by atoms with van der Waals surface area (Å²) in [5.74, 6) is 3.87. The van der Waals surface area contributed by atoms with Gasteiger partial charge in [-0.05, 0) is 49.9 Å². The zero-order chi connectivity index (χ0) is 23.9. The molecule has 0 bridgehead atoms. The first-order chi connectivity index (χ1) is 16.5. The van der Waals surface area contributed by atoms with Crippen molar-refractivity contribution < 1.29 is 13.9 Å². The van der Waals surface area contributed by atoms with E-state index in [1.54, 1.807) is 18.9 Å². The highest BCUT2D eigenvalue weighted by Crippen LogP contribution is 2.59. The average molecular weight is 482 g/mol. The second-order valence-electron chi connectivity index (χ2n) is 9.32. The van der Waals surface area contributed by atoms with E-state index in [2.05, 4.69) is 32.2 Å². The minimum Gasteiger partial charge on any atom is -0.496 e. The van der Waals surface area contributed by atoms with Gasteiger partial charge >= 0.3 is 0 Å². The highest BCUT2D eigenvalue weighted by molar-refractivity contribution is 7.99. The van der Waals surface area contributed by atoms with Crippen molar-refractivity contribution in [3.63, 3.8) is 0 Å². The molecule has 2 aliphatic rings. The van der Waals surface area contributed by atoms with Gasteiger partial charge in [-0.1, -0.05) is 24.8 Å². The number of aryl methyl sites for hydroxylation is 1. The first-order valence-corrected chi connectivity index (χ1v) is 12.8. The number of benzene rings is 1. The number of ketones is 1. The normalized spacial score (nSPS) is 21.6. The van der Waals surface area contributed by atoms with Crippen LogP contribution in [0.1, 0.15) is 47.8 Å². The van der Waals surface area contributed by atoms with E-state index in [0.29, 0.717) is 29.7 Å². The number of piperidine rings is 1. The summed E-state index contributed by atoms with van der Waals surface area (Å²) >= 11 is 1.72. The molecular weight excluding hydrogens is 450 g/mol. The lowest BCUT2D eigenvalue weighted by atomic mass is 9.92. The molecule has 1 aromatic carbocycles. The smallest absolute Gasteiger partial charge is 0.202 e. The van der Waals surface area contributed by atoms with Crippen LogP contribution >= 0.6 is 11.8 Å². The van der Waals surface area contributed by atoms with Crippen LogP contribution in [0.2, 0.25) is 0 Å². The third-order valence-electron chi connectivity index (χ3n) is 7.25. The molecule has 1 aliphatic heterocycles. The van der Waals surface area contributed by atoms with Crippen molar-refractivity contribution in [2.45, 2.75) is 43.7 Å². The third kappa shape index (κ3) is 4.05. The number of fused-ring (bicyclic) bond motifs is 1. The molecule has 0 amide bonds. The molecule has 0 N–H and O–H groups in total. The van der Waals surface area contributed by atoms with Gasteiger partial charge in [-0.25, -0.2) is 4.98 Å². The predicted octanol–water partition coefficient (Wildman–Crippen LogP) is 4.14. The predicted molar refractivity (Wildman–Crippen MR) is 130 cm³/mol. The summed E-state index contributed by atoms with van der Waals surface area (Å²) in [5, 5.41) is 9.51. The molecule has 0 unspecified atom stereocenters. The Morgan fingerprint density at radius 1 is 1.35 bits per heavy atom. The second-order valence-corrected chi connectivity index (χ2v) is 10.4. The summed E-state index contributed by atoms with van der Waals surface area (Å²) < 4.78 is 12.9. The fraction of sp³-hybridized carbons (Fsp3) is 0.520. The monoisotopic (exact) mass is 481 g/mol. The van der Waals surface area contributed by atoms with Crippen molar-refractivity contribution in [2.75, 3.05) is 32.5 Å². The van der Waals surface area contributed by atoms with Crippen molar-refractivity contribution >= 4 is 17.5 Å². The maximum absolute atomic E-state index is 12.4. The Labute approximate surface area is 204 Å². The average Bonchev–Trinajstić information content (AvgIpc) is 3.13. The number of thioether (sulfide) groups is 1. The van der Waals surface area contributed by atoms with Gasteiger partial charge < -0.3 is 18.6 Å². The van der Waals surface area contributed by atoms with Crippen LogP contribution in [0.5, 0.6) is 5.75 Å². The standard InChI is InChI=1S/C25H31N5O3S/c1-5-20(31)19-11-17(7-8-21(19)32-4)25-12-18(25)13-30(14-25)9-6-10-34-24-28-27-23(29(24)3)22-16(2)26-15-33-22/h7-8,11,15,18H,5-6,9-10,12-14H2,1-4H3/t18-,25+/m1/s1. The number of likely N-dealkylation sites (tertiary alicyclic amines) is 1. The van der Waals surface area contributed by atoms with Gasteiger partial charge in [0.2, 0.25) is 5.82 Å². The van der Waals surface area contributed by atoms with Gasteiger partial charge in [0.25, 0.3) is 0 Å². The van der Waals surface area contributed by atoms with Gasteiger partial charge in [-0.3, -0.25) is 4.79 Å². The summed E-state index contributed by atoms with van der Waals surface area (Å²) in [6.07, 6.45) is 4.23. The number of Topliss-reactive ketones (excluding diaryl/α,β-unsaturated/α-hetero) is 1. The van der Waals surface area contributed by atoms with E-state index in [9.17, 15) is 4.79 Å². The van der Waals surface area contributed by atoms with E-state index in [-0.39, 0.29) is 11.2 Å². The Bertz CT molecular complexity index is 1210. The second kappa shape index (κ2) is 9.19. The Morgan fingerprint density at radius 2 is 2.21 bits per heavy atom. The lowest BCUT2D eigenvalue weighted by Gasteiger charge is -2.21. The van der Waals surface area contributed by atoms with Crippen LogP contribution in [-0.4, -0.2) is 62.9 Å². The van der Waals surface area contributed by atoms with E-state index >= 15 is 0 Å². The van der Waals surface area contributed by atoms with Crippen LogP contribution in [0.25, 0.3) is 11.6 Å². The number of methoxy groups -OCH3 is 1. The van der Waals surface area contributed by atoms with E-state index in [4.69, 9.17) is 9.15 Å². The summed E-state index contributed by atoms with van der Waals surface area (Å²) in [4.78, 5) is 19.1. The van der Waals surface area contributed by atoms with Crippen LogP contribution in [0.4, 0.5) is 0 Å². The molecule has 1 aliphatic carbocycles. The summed E-state index contributed by atoms with van der Waals surface area (Å²) in [5.41, 5.74) is 3.04. The number of oxazole rings is 1. The SMILES string of the molecule is CCC(=O)c1cc([C@@]23C[C@@H]2CN(CCCSc2nnc(-c4ocnc4C)n2C)C3)ccc1OC. The lowest BCUT2D eigenvalue weighted by Crippen LogP contribution is -2.28. The van der Waals surface area contributed by atoms with E-state index in [1.807, 2.05) is 31.5 Å². The molecule has 9 heteroatoms. The zero-order valence-electron chi connectivity index (χ0n) is 20.2. The topological polar surface area (TPSA) is 86.3 Å². The highest BCUT2D eigenvalue weighted by atomic mass is 32.2. The van der Waals surface area contributed by atoms with Crippen molar-refractivity contribution in [3.8, 4) is 17.3 Å². The number of carbonyl (C=O) groups excluding carboxylic acids is 1. The van der Waals surface area contributed by atoms with Gasteiger partial charge in [-0.2, -0.15) is 0 Å². The number of carbonyl (C=O) groups is 1. The van der Waals surface area contributed by atoms with E-state index < -0.39 is 0 Å². The first-order valence-electron chi connectivity index (χ1n) is 11.8. The van der Waals surface area contributed by atoms with Crippen LogP contribution < -0.4 is 4.74 Å². The van der Waals surface area contributed by atoms with Gasteiger partial charge in [-0.15, -0.1) is 10.2 Å². The summed E-state index contributed by atoms with van der Waals surface area (Å²) in [6.45, 7) is 7.06. The molecule has 0 spiro atoms. The zero-order valence-corrected chi connectivity index (χ0v) is 21.0. The first kappa shape index (κ1) is 23.1. The van der Waals surface area contributed by atoms with Crippen molar-refractivity contribution in [1.82, 2.24) is 24.6 Å². The Kier molecular flexibility index (Phi) is 6.24. The molecule has 34 heavy (non-hydrogen) atoms. The summed E-state index contributed by atoms with van der Waals surface area (Å²) in [6, 6.07) is 6.22. The molecule has 2 atom stereocenters. The quantitative estimate of drug-likeness (QED) is 0.243. The number of rotatable bonds is 10. The maximum atomic E-state index is 12.4. The molecule has 0 radical (unpaired) electrons. The molecule has 3 aromatic rings. The largest absolute Gasteiger partial charge is 0.496 e. The van der Waals surface area contributed by atoms with Gasteiger partial charge in [0.15, 0.2) is 23.1 Å². The molecule has 180 valence electrons. The van der Waals surface area contributed by atoms with Gasteiger partial charge in [0, 0.05) is 37.7 Å². The van der Waals surface area contributed by atoms with Crippen molar-refractivity contribution in [2.24, 2.45) is 13.0 Å². The lowest BCUT2D eigenvalue weighted by molar-refractivity contribution is 0.0985.